The first-order valence-corrected chi connectivity index (χ1v) is 15.5. The second-order valence-corrected chi connectivity index (χ2v) is 11.4. The predicted octanol–water partition coefficient (Wildman–Crippen LogP) is 6.55. The van der Waals surface area contributed by atoms with Gasteiger partial charge in [-0.2, -0.15) is 0 Å². The standard InChI is InChI=1S/C35H34N2O8S/c1-6-43-26-16-13-23(18-27(26)42-5)29-28(31(39)33(40)37(29)35-36-21(4)32(46-35)34(41)44-7-2)30(38)24-14-15-25(20(3)17-24)45-19-22-11-9-8-10-12-22/h8-18,29,38H,6-7,19H2,1-5H3/b30-28-. The fourth-order valence-corrected chi connectivity index (χ4v) is 6.18. The second kappa shape index (κ2) is 13.9. The molecule has 1 aliphatic rings. The lowest BCUT2D eigenvalue weighted by Crippen LogP contribution is -2.29. The van der Waals surface area contributed by atoms with Crippen LogP contribution >= 0.6 is 11.3 Å². The maximum absolute atomic E-state index is 13.7. The number of Topliss-reactive ketones (excluding diaryl/α,β-unsaturated/α-hetero) is 1. The SMILES string of the molecule is CCOC(=O)c1sc(N2C(=O)C(=O)/C(=C(\O)c3ccc(OCc4ccccc4)c(C)c3)C2c2ccc(OCC)c(OC)c2)nc1C. The number of carbonyl (C=O) groups is 3. The number of benzene rings is 3. The molecule has 0 radical (unpaired) electrons. The summed E-state index contributed by atoms with van der Waals surface area (Å²) >= 11 is 0.938. The molecule has 1 fully saturated rings. The highest BCUT2D eigenvalue weighted by atomic mass is 32.1. The maximum atomic E-state index is 13.7. The number of methoxy groups -OCH3 is 1. The molecule has 0 saturated carbocycles. The van der Waals surface area contributed by atoms with Gasteiger partial charge in [0.25, 0.3) is 5.78 Å². The summed E-state index contributed by atoms with van der Waals surface area (Å²) in [6.07, 6.45) is 0. The van der Waals surface area contributed by atoms with Crippen LogP contribution in [0.4, 0.5) is 5.13 Å². The Balaban J connectivity index is 1.61. The number of amides is 1. The van der Waals surface area contributed by atoms with Gasteiger partial charge in [0.1, 0.15) is 23.0 Å². The third-order valence-electron chi connectivity index (χ3n) is 7.39. The molecule has 1 aromatic heterocycles. The van der Waals surface area contributed by atoms with Crippen molar-refractivity contribution in [1.29, 1.82) is 0 Å². The molecule has 3 aromatic carbocycles. The molecular weight excluding hydrogens is 608 g/mol. The Bertz CT molecular complexity index is 1810. The number of hydrogen-bond acceptors (Lipinski definition) is 10. The van der Waals surface area contributed by atoms with Crippen molar-refractivity contribution in [2.24, 2.45) is 0 Å². The van der Waals surface area contributed by atoms with Crippen LogP contribution in [0.2, 0.25) is 0 Å². The zero-order valence-electron chi connectivity index (χ0n) is 26.2. The Morgan fingerprint density at radius 2 is 1.67 bits per heavy atom. The van der Waals surface area contributed by atoms with Crippen LogP contribution in [0.25, 0.3) is 5.76 Å². The van der Waals surface area contributed by atoms with Crippen LogP contribution in [0, 0.1) is 13.8 Å². The van der Waals surface area contributed by atoms with Gasteiger partial charge in [-0.05, 0) is 74.7 Å². The molecule has 0 aliphatic carbocycles. The van der Waals surface area contributed by atoms with Gasteiger partial charge in [0.05, 0.1) is 37.6 Å². The number of nitrogens with zero attached hydrogens (tertiary/aromatic N) is 2. The van der Waals surface area contributed by atoms with E-state index in [1.54, 1.807) is 50.2 Å². The van der Waals surface area contributed by atoms with Crippen molar-refractivity contribution >= 4 is 39.9 Å². The Labute approximate surface area is 270 Å². The largest absolute Gasteiger partial charge is 0.507 e. The molecule has 11 heteroatoms. The molecule has 5 rings (SSSR count). The third-order valence-corrected chi connectivity index (χ3v) is 8.52. The molecule has 0 bridgehead atoms. The fourth-order valence-electron chi connectivity index (χ4n) is 5.19. The highest BCUT2D eigenvalue weighted by molar-refractivity contribution is 7.17. The van der Waals surface area contributed by atoms with Crippen LogP contribution in [0.3, 0.4) is 0 Å². The van der Waals surface area contributed by atoms with Crippen LogP contribution in [-0.2, 0) is 20.9 Å². The van der Waals surface area contributed by atoms with Gasteiger partial charge in [-0.25, -0.2) is 9.78 Å². The first-order valence-electron chi connectivity index (χ1n) is 14.7. The normalized spacial score (nSPS) is 15.6. The van der Waals surface area contributed by atoms with Gasteiger partial charge < -0.3 is 24.1 Å². The number of rotatable bonds is 11. The summed E-state index contributed by atoms with van der Waals surface area (Å²) in [5, 5.41) is 11.8. The Morgan fingerprint density at radius 3 is 2.35 bits per heavy atom. The third kappa shape index (κ3) is 6.32. The first-order chi connectivity index (χ1) is 22.2. The quantitative estimate of drug-likeness (QED) is 0.0839. The summed E-state index contributed by atoms with van der Waals surface area (Å²) in [5.41, 5.74) is 2.73. The van der Waals surface area contributed by atoms with Crippen LogP contribution in [0.5, 0.6) is 17.2 Å². The van der Waals surface area contributed by atoms with E-state index in [0.29, 0.717) is 47.3 Å². The van der Waals surface area contributed by atoms with Crippen LogP contribution in [0.15, 0.2) is 72.3 Å². The molecule has 2 heterocycles. The van der Waals surface area contributed by atoms with Crippen molar-refractivity contribution in [3.8, 4) is 17.2 Å². The van der Waals surface area contributed by atoms with Crippen LogP contribution in [0.1, 0.15) is 57.5 Å². The molecule has 4 aromatic rings. The number of thiazole rings is 1. The van der Waals surface area contributed by atoms with E-state index in [9.17, 15) is 19.5 Å². The topological polar surface area (TPSA) is 124 Å². The molecule has 238 valence electrons. The lowest BCUT2D eigenvalue weighted by molar-refractivity contribution is -0.132. The first kappa shape index (κ1) is 32.2. The molecule has 1 amide bonds. The average molecular weight is 643 g/mol. The van der Waals surface area contributed by atoms with Gasteiger partial charge in [0, 0.05) is 5.56 Å². The number of carbonyl (C=O) groups excluding carboxylic acids is 3. The summed E-state index contributed by atoms with van der Waals surface area (Å²) in [6.45, 7) is 7.91. The lowest BCUT2D eigenvalue weighted by atomic mass is 9.94. The number of ketones is 1. The highest BCUT2D eigenvalue weighted by Gasteiger charge is 2.48. The molecule has 1 aliphatic heterocycles. The zero-order valence-corrected chi connectivity index (χ0v) is 27.0. The average Bonchev–Trinajstić information content (AvgIpc) is 3.57. The van der Waals surface area contributed by atoms with E-state index in [1.807, 2.05) is 44.2 Å². The summed E-state index contributed by atoms with van der Waals surface area (Å²) in [7, 11) is 1.48. The Kier molecular flexibility index (Phi) is 9.72. The zero-order chi connectivity index (χ0) is 33.0. The van der Waals surface area contributed by atoms with E-state index in [4.69, 9.17) is 18.9 Å². The maximum Gasteiger partial charge on any atom is 0.350 e. The van der Waals surface area contributed by atoms with Gasteiger partial charge in [0.15, 0.2) is 16.6 Å². The van der Waals surface area contributed by atoms with Gasteiger partial charge in [-0.1, -0.05) is 47.7 Å². The summed E-state index contributed by atoms with van der Waals surface area (Å²) < 4.78 is 22.4. The minimum Gasteiger partial charge on any atom is -0.507 e. The molecule has 1 N–H and O–H groups in total. The second-order valence-electron chi connectivity index (χ2n) is 10.4. The van der Waals surface area contributed by atoms with Crippen molar-refractivity contribution in [3.05, 3.63) is 105 Å². The molecule has 1 atom stereocenters. The van der Waals surface area contributed by atoms with Crippen molar-refractivity contribution in [3.63, 3.8) is 0 Å². The Hall–Kier alpha value is -5.16. The van der Waals surface area contributed by atoms with E-state index in [1.165, 1.54) is 12.0 Å². The number of aromatic nitrogens is 1. The van der Waals surface area contributed by atoms with E-state index in [0.717, 1.165) is 22.5 Å². The van der Waals surface area contributed by atoms with Crippen molar-refractivity contribution in [2.45, 2.75) is 40.3 Å². The summed E-state index contributed by atoms with van der Waals surface area (Å²) in [4.78, 5) is 46.0. The number of aliphatic hydroxyl groups excluding tert-OH is 1. The van der Waals surface area contributed by atoms with Gasteiger partial charge in [0.2, 0.25) is 0 Å². The molecule has 1 unspecified atom stereocenters. The Morgan fingerprint density at radius 1 is 0.935 bits per heavy atom. The summed E-state index contributed by atoms with van der Waals surface area (Å²) in [5.74, 6) is -1.28. The van der Waals surface area contributed by atoms with Gasteiger partial charge in [-0.15, -0.1) is 0 Å². The molecule has 0 spiro atoms. The minimum absolute atomic E-state index is 0.111. The monoisotopic (exact) mass is 642 g/mol. The van der Waals surface area contributed by atoms with Crippen molar-refractivity contribution in [2.75, 3.05) is 25.2 Å². The van der Waals surface area contributed by atoms with Crippen molar-refractivity contribution < 1.29 is 38.4 Å². The van der Waals surface area contributed by atoms with E-state index in [-0.39, 0.29) is 27.9 Å². The number of esters is 1. The van der Waals surface area contributed by atoms with E-state index in [2.05, 4.69) is 4.98 Å². The number of ether oxygens (including phenoxy) is 4. The van der Waals surface area contributed by atoms with Crippen molar-refractivity contribution in [1.82, 2.24) is 4.98 Å². The molecule has 1 saturated heterocycles. The fraction of sp³-hybridized carbons (Fsp3) is 0.257. The van der Waals surface area contributed by atoms with Gasteiger partial charge >= 0.3 is 11.9 Å². The number of aliphatic hydroxyl groups is 1. The summed E-state index contributed by atoms with van der Waals surface area (Å²) in [6, 6.07) is 18.7. The van der Waals surface area contributed by atoms with Crippen LogP contribution in [-0.4, -0.2) is 48.1 Å². The predicted molar refractivity (Wildman–Crippen MR) is 174 cm³/mol. The number of hydrogen-bond donors (Lipinski definition) is 1. The molecule has 10 nitrogen and oxygen atoms in total. The van der Waals surface area contributed by atoms with Crippen LogP contribution < -0.4 is 19.1 Å². The number of aryl methyl sites for hydroxylation is 2. The number of anilines is 1. The lowest BCUT2D eigenvalue weighted by Gasteiger charge is -2.24. The minimum atomic E-state index is -1.10. The smallest absolute Gasteiger partial charge is 0.350 e. The molecular formula is C35H34N2O8S. The van der Waals surface area contributed by atoms with E-state index < -0.39 is 23.7 Å². The molecule has 46 heavy (non-hydrogen) atoms. The van der Waals surface area contributed by atoms with Gasteiger partial charge in [-0.3, -0.25) is 14.5 Å². The van der Waals surface area contributed by atoms with E-state index >= 15 is 0 Å². The highest BCUT2D eigenvalue weighted by Crippen LogP contribution is 2.45.